The number of likely N-dealkylation sites (tertiary alicyclic amines) is 1. The van der Waals surface area contributed by atoms with Crippen LogP contribution in [0.2, 0.25) is 5.02 Å². The van der Waals surface area contributed by atoms with Gasteiger partial charge in [0, 0.05) is 31.0 Å². The molecule has 1 amide bonds. The normalized spacial score (nSPS) is 17.5. The quantitative estimate of drug-likeness (QED) is 0.756. The smallest absolute Gasteiger partial charge is 0.305 e. The summed E-state index contributed by atoms with van der Waals surface area (Å²) >= 11 is 5.89. The monoisotopic (exact) mass is 323 g/mol. The first-order valence-electron chi connectivity index (χ1n) is 7.67. The molecule has 1 aromatic rings. The maximum atomic E-state index is 12.1. The van der Waals surface area contributed by atoms with Crippen LogP contribution in [0.25, 0.3) is 0 Å². The number of benzene rings is 1. The molecule has 1 saturated heterocycles. The number of esters is 1. The second kappa shape index (κ2) is 8.18. The molecule has 2 rings (SSSR count). The molecule has 5 heteroatoms. The zero-order chi connectivity index (χ0) is 15.9. The van der Waals surface area contributed by atoms with Crippen molar-refractivity contribution in [1.82, 2.24) is 4.90 Å². The molecular formula is C17H22ClNO3. The van der Waals surface area contributed by atoms with E-state index in [4.69, 9.17) is 11.6 Å². The lowest BCUT2D eigenvalue weighted by molar-refractivity contribution is -0.140. The molecule has 1 atom stereocenters. The predicted molar refractivity (Wildman–Crippen MR) is 85.7 cm³/mol. The Morgan fingerprint density at radius 1 is 1.27 bits per heavy atom. The minimum atomic E-state index is -0.255. The fourth-order valence-electron chi connectivity index (χ4n) is 2.82. The second-order valence-electron chi connectivity index (χ2n) is 5.75. The molecule has 1 aliphatic heterocycles. The van der Waals surface area contributed by atoms with E-state index < -0.39 is 0 Å². The van der Waals surface area contributed by atoms with E-state index in [0.29, 0.717) is 25.2 Å². The minimum Gasteiger partial charge on any atom is -0.469 e. The van der Waals surface area contributed by atoms with E-state index in [1.165, 1.54) is 12.7 Å². The van der Waals surface area contributed by atoms with Crippen molar-refractivity contribution < 1.29 is 14.3 Å². The first-order chi connectivity index (χ1) is 10.6. The molecule has 1 fully saturated rings. The molecular weight excluding hydrogens is 302 g/mol. The fourth-order valence-corrected chi connectivity index (χ4v) is 2.95. The number of rotatable bonds is 6. The lowest BCUT2D eigenvalue weighted by atomic mass is 9.99. The number of methoxy groups -OCH3 is 1. The number of ether oxygens (including phenoxy) is 1. The van der Waals surface area contributed by atoms with Gasteiger partial charge in [-0.25, -0.2) is 0 Å². The lowest BCUT2D eigenvalue weighted by Crippen LogP contribution is -2.28. The number of nitrogens with zero attached hydrogens (tertiary/aromatic N) is 1. The number of halogens is 1. The molecule has 1 aliphatic rings. The Morgan fingerprint density at radius 2 is 2.00 bits per heavy atom. The summed E-state index contributed by atoms with van der Waals surface area (Å²) in [5, 5.41) is 0.748. The van der Waals surface area contributed by atoms with Crippen molar-refractivity contribution in [2.24, 2.45) is 5.92 Å². The van der Waals surface area contributed by atoms with Crippen LogP contribution in [0.3, 0.4) is 0 Å². The van der Waals surface area contributed by atoms with Gasteiger partial charge in [-0.2, -0.15) is 0 Å². The molecule has 1 unspecified atom stereocenters. The zero-order valence-electron chi connectivity index (χ0n) is 12.9. The van der Waals surface area contributed by atoms with E-state index >= 15 is 0 Å². The van der Waals surface area contributed by atoms with Crippen LogP contribution in [0.5, 0.6) is 0 Å². The van der Waals surface area contributed by atoms with Gasteiger partial charge < -0.3 is 9.64 Å². The van der Waals surface area contributed by atoms with Gasteiger partial charge in [-0.3, -0.25) is 9.59 Å². The number of carbonyl (C=O) groups is 2. The molecule has 0 N–H and O–H groups in total. The average molecular weight is 324 g/mol. The Bertz CT molecular complexity index is 515. The molecule has 0 radical (unpaired) electrons. The minimum absolute atomic E-state index is 0.141. The van der Waals surface area contributed by atoms with Crippen molar-refractivity contribution in [2.45, 2.75) is 32.1 Å². The van der Waals surface area contributed by atoms with Crippen LogP contribution in [0.4, 0.5) is 0 Å². The Hall–Kier alpha value is -1.55. The van der Waals surface area contributed by atoms with Gasteiger partial charge >= 0.3 is 5.97 Å². The third kappa shape index (κ3) is 5.02. The highest BCUT2D eigenvalue weighted by Crippen LogP contribution is 2.22. The number of carbonyl (C=O) groups excluding carboxylic acids is 2. The first-order valence-corrected chi connectivity index (χ1v) is 8.05. The molecule has 0 saturated carbocycles. The number of hydrogen-bond donors (Lipinski definition) is 0. The summed E-state index contributed by atoms with van der Waals surface area (Å²) in [7, 11) is 1.37. The van der Waals surface area contributed by atoms with Crippen molar-refractivity contribution in [3.63, 3.8) is 0 Å². The highest BCUT2D eigenvalue weighted by Gasteiger charge is 2.26. The van der Waals surface area contributed by atoms with E-state index in [0.717, 1.165) is 31.0 Å². The molecule has 120 valence electrons. The molecule has 4 nitrogen and oxygen atoms in total. The van der Waals surface area contributed by atoms with E-state index in [2.05, 4.69) is 4.74 Å². The van der Waals surface area contributed by atoms with Crippen LogP contribution >= 0.6 is 11.6 Å². The molecule has 22 heavy (non-hydrogen) atoms. The zero-order valence-corrected chi connectivity index (χ0v) is 13.6. The van der Waals surface area contributed by atoms with Gasteiger partial charge in [0.15, 0.2) is 0 Å². The predicted octanol–water partition coefficient (Wildman–Crippen LogP) is 3.07. The van der Waals surface area contributed by atoms with Crippen molar-refractivity contribution in [2.75, 3.05) is 20.2 Å². The summed E-state index contributed by atoms with van der Waals surface area (Å²) in [4.78, 5) is 25.1. The van der Waals surface area contributed by atoms with Crippen LogP contribution in [-0.4, -0.2) is 37.0 Å². The summed E-state index contributed by atoms with van der Waals surface area (Å²) in [6.07, 6.45) is 3.30. The van der Waals surface area contributed by atoms with E-state index in [1.807, 2.05) is 29.2 Å². The maximum Gasteiger partial charge on any atom is 0.305 e. The summed E-state index contributed by atoms with van der Waals surface area (Å²) in [6, 6.07) is 7.90. The maximum absolute atomic E-state index is 12.1. The van der Waals surface area contributed by atoms with Gasteiger partial charge in [0.05, 0.1) is 7.11 Å². The molecule has 0 bridgehead atoms. The summed E-state index contributed by atoms with van der Waals surface area (Å²) in [5.41, 5.74) is 1.26. The van der Waals surface area contributed by atoms with Gasteiger partial charge in [0.1, 0.15) is 0 Å². The van der Waals surface area contributed by atoms with Gasteiger partial charge in [0.2, 0.25) is 5.91 Å². The molecule has 0 aromatic heterocycles. The van der Waals surface area contributed by atoms with Crippen molar-refractivity contribution >= 4 is 23.5 Å². The molecule has 1 aromatic carbocycles. The van der Waals surface area contributed by atoms with Gasteiger partial charge in [-0.05, 0) is 42.9 Å². The number of hydrogen-bond acceptors (Lipinski definition) is 3. The van der Waals surface area contributed by atoms with Gasteiger partial charge in [-0.15, -0.1) is 0 Å². The number of amides is 1. The van der Waals surface area contributed by atoms with Gasteiger partial charge in [-0.1, -0.05) is 23.7 Å². The van der Waals surface area contributed by atoms with Crippen LogP contribution in [0.15, 0.2) is 24.3 Å². The van der Waals surface area contributed by atoms with Crippen LogP contribution < -0.4 is 0 Å². The molecule has 0 spiro atoms. The summed E-state index contributed by atoms with van der Waals surface area (Å²) < 4.78 is 4.58. The third-order valence-corrected chi connectivity index (χ3v) is 4.33. The lowest BCUT2D eigenvalue weighted by Gasteiger charge is -2.16. The van der Waals surface area contributed by atoms with Crippen molar-refractivity contribution in [1.29, 1.82) is 0 Å². The Labute approximate surface area is 136 Å². The second-order valence-corrected chi connectivity index (χ2v) is 6.19. The third-order valence-electron chi connectivity index (χ3n) is 4.08. The first kappa shape index (κ1) is 16.8. The van der Waals surface area contributed by atoms with Crippen LogP contribution in [-0.2, 0) is 20.7 Å². The van der Waals surface area contributed by atoms with Gasteiger partial charge in [0.25, 0.3) is 0 Å². The average Bonchev–Trinajstić information content (AvgIpc) is 2.98. The Balaban J connectivity index is 1.73. The van der Waals surface area contributed by atoms with E-state index in [1.54, 1.807) is 0 Å². The highest BCUT2D eigenvalue weighted by molar-refractivity contribution is 6.30. The summed E-state index contributed by atoms with van der Waals surface area (Å²) in [6.45, 7) is 1.62. The Morgan fingerprint density at radius 3 is 2.68 bits per heavy atom. The molecule has 1 heterocycles. The van der Waals surface area contributed by atoms with Crippen molar-refractivity contribution in [3.05, 3.63) is 34.9 Å². The fraction of sp³-hybridized carbons (Fsp3) is 0.529. The SMILES string of the molecule is COC(=O)CCCC(=O)N1CCC(Cc2ccc(Cl)cc2)C1. The molecule has 0 aliphatic carbocycles. The topological polar surface area (TPSA) is 46.6 Å². The van der Waals surface area contributed by atoms with Crippen molar-refractivity contribution in [3.8, 4) is 0 Å². The standard InChI is InChI=1S/C17H22ClNO3/c1-22-17(21)4-2-3-16(20)19-10-9-14(12-19)11-13-5-7-15(18)8-6-13/h5-8,14H,2-4,9-12H2,1H3. The van der Waals surface area contributed by atoms with Crippen LogP contribution in [0, 0.1) is 5.92 Å². The van der Waals surface area contributed by atoms with Crippen LogP contribution in [0.1, 0.15) is 31.2 Å². The summed E-state index contributed by atoms with van der Waals surface area (Å²) in [5.74, 6) is 0.392. The Kier molecular flexibility index (Phi) is 6.25. The van der Waals surface area contributed by atoms with E-state index in [-0.39, 0.29) is 11.9 Å². The highest BCUT2D eigenvalue weighted by atomic mass is 35.5. The van der Waals surface area contributed by atoms with E-state index in [9.17, 15) is 9.59 Å². The largest absolute Gasteiger partial charge is 0.469 e.